The van der Waals surface area contributed by atoms with E-state index >= 15 is 0 Å². The number of para-hydroxylation sites is 1. The van der Waals surface area contributed by atoms with Gasteiger partial charge in [0, 0.05) is 30.4 Å². The number of rotatable bonds is 9. The van der Waals surface area contributed by atoms with E-state index in [1.807, 2.05) is 24.3 Å². The Labute approximate surface area is 205 Å². The van der Waals surface area contributed by atoms with Crippen LogP contribution >= 0.6 is 0 Å². The van der Waals surface area contributed by atoms with Crippen LogP contribution in [0.25, 0.3) is 0 Å². The van der Waals surface area contributed by atoms with Gasteiger partial charge in [-0.3, -0.25) is 14.5 Å². The Morgan fingerprint density at radius 1 is 1.06 bits per heavy atom. The summed E-state index contributed by atoms with van der Waals surface area (Å²) in [7, 11) is -2.25. The van der Waals surface area contributed by atoms with Gasteiger partial charge in [-0.25, -0.2) is 4.98 Å². The molecule has 1 aliphatic rings. The van der Waals surface area contributed by atoms with Crippen molar-refractivity contribution < 1.29 is 17.9 Å². The molecule has 1 fully saturated rings. The number of nitrogens with zero attached hydrogens (tertiary/aromatic N) is 2. The van der Waals surface area contributed by atoms with Gasteiger partial charge in [0.25, 0.3) is 5.91 Å². The summed E-state index contributed by atoms with van der Waals surface area (Å²) in [5.41, 5.74) is 1.30. The lowest BCUT2D eigenvalue weighted by molar-refractivity contribution is 0.0932. The molecule has 1 heterocycles. The van der Waals surface area contributed by atoms with Crippen LogP contribution in [0.3, 0.4) is 0 Å². The second kappa shape index (κ2) is 10.8. The highest BCUT2D eigenvalue weighted by molar-refractivity contribution is 7.90. The molecule has 184 valence electrons. The SMILES string of the molecule is COc1ccccc1C(=O)NC[C@]1(c2ccccc2)CC[C@H](NS(=O)(=O)Nc2cnccn2)CC1. The lowest BCUT2D eigenvalue weighted by Crippen LogP contribution is -2.48. The molecule has 0 bridgehead atoms. The Hall–Kier alpha value is -3.50. The Bertz CT molecular complexity index is 1230. The van der Waals surface area contributed by atoms with Gasteiger partial charge in [0.1, 0.15) is 5.75 Å². The van der Waals surface area contributed by atoms with Crippen LogP contribution < -0.4 is 19.5 Å². The number of nitrogens with one attached hydrogen (secondary N) is 3. The second-order valence-electron chi connectivity index (χ2n) is 8.62. The average Bonchev–Trinajstić information content (AvgIpc) is 2.89. The van der Waals surface area contributed by atoms with Gasteiger partial charge in [0.05, 0.1) is 18.9 Å². The van der Waals surface area contributed by atoms with Crippen LogP contribution in [0, 0.1) is 0 Å². The summed E-state index contributed by atoms with van der Waals surface area (Å²) < 4.78 is 35.6. The molecule has 4 rings (SSSR count). The van der Waals surface area contributed by atoms with E-state index in [0.717, 1.165) is 5.56 Å². The van der Waals surface area contributed by atoms with E-state index in [2.05, 4.69) is 36.9 Å². The summed E-state index contributed by atoms with van der Waals surface area (Å²) in [6.07, 6.45) is 6.92. The van der Waals surface area contributed by atoms with Gasteiger partial charge in [-0.1, -0.05) is 42.5 Å². The van der Waals surface area contributed by atoms with E-state index in [4.69, 9.17) is 4.74 Å². The topological polar surface area (TPSA) is 122 Å². The Morgan fingerprint density at radius 3 is 2.46 bits per heavy atom. The molecule has 0 saturated heterocycles. The molecule has 0 spiro atoms. The second-order valence-corrected chi connectivity index (χ2v) is 10.1. The normalized spacial score (nSPS) is 20.1. The minimum atomic E-state index is -3.79. The minimum Gasteiger partial charge on any atom is -0.496 e. The quantitative estimate of drug-likeness (QED) is 0.419. The van der Waals surface area contributed by atoms with Crippen LogP contribution in [0.4, 0.5) is 5.82 Å². The molecule has 1 amide bonds. The number of ether oxygens (including phenoxy) is 1. The average molecular weight is 496 g/mol. The van der Waals surface area contributed by atoms with Crippen molar-refractivity contribution in [1.29, 1.82) is 0 Å². The first-order chi connectivity index (χ1) is 16.9. The van der Waals surface area contributed by atoms with Crippen molar-refractivity contribution >= 4 is 21.9 Å². The molecule has 0 aliphatic heterocycles. The van der Waals surface area contributed by atoms with Crippen LogP contribution in [0.2, 0.25) is 0 Å². The van der Waals surface area contributed by atoms with Crippen LogP contribution in [-0.4, -0.2) is 44.0 Å². The zero-order valence-corrected chi connectivity index (χ0v) is 20.3. The predicted molar refractivity (Wildman–Crippen MR) is 133 cm³/mol. The molecule has 0 unspecified atom stereocenters. The van der Waals surface area contributed by atoms with E-state index < -0.39 is 10.2 Å². The fourth-order valence-electron chi connectivity index (χ4n) is 4.56. The number of carbonyl (C=O) groups is 1. The summed E-state index contributed by atoms with van der Waals surface area (Å²) in [6.45, 7) is 0.436. The maximum absolute atomic E-state index is 13.0. The molecule has 3 aromatic rings. The number of hydrogen-bond acceptors (Lipinski definition) is 6. The standard InChI is InChI=1S/C25H29N5O4S/c1-34-22-10-6-5-9-21(22)24(31)28-18-25(19-7-3-2-4-8-19)13-11-20(12-14-25)29-35(32,33)30-23-17-26-15-16-27-23/h2-10,15-17,20,29H,11-14,18H2,1H3,(H,27,30)(H,28,31)/t20-,25-. The van der Waals surface area contributed by atoms with Crippen molar-refractivity contribution in [2.75, 3.05) is 18.4 Å². The molecule has 35 heavy (non-hydrogen) atoms. The van der Waals surface area contributed by atoms with Crippen molar-refractivity contribution in [3.8, 4) is 5.75 Å². The Kier molecular flexibility index (Phi) is 7.62. The molecule has 9 nitrogen and oxygen atoms in total. The van der Waals surface area contributed by atoms with Gasteiger partial charge in [0.2, 0.25) is 0 Å². The number of anilines is 1. The van der Waals surface area contributed by atoms with Gasteiger partial charge in [-0.2, -0.15) is 13.1 Å². The van der Waals surface area contributed by atoms with Crippen molar-refractivity contribution in [3.63, 3.8) is 0 Å². The van der Waals surface area contributed by atoms with Crippen LogP contribution in [-0.2, 0) is 15.6 Å². The van der Waals surface area contributed by atoms with E-state index in [1.54, 1.807) is 25.3 Å². The van der Waals surface area contributed by atoms with Crippen molar-refractivity contribution in [2.24, 2.45) is 0 Å². The first-order valence-corrected chi connectivity index (χ1v) is 12.9. The predicted octanol–water partition coefficient (Wildman–Crippen LogP) is 3.04. The number of carbonyl (C=O) groups excluding carboxylic acids is 1. The number of amides is 1. The van der Waals surface area contributed by atoms with Gasteiger partial charge in [-0.15, -0.1) is 0 Å². The maximum Gasteiger partial charge on any atom is 0.300 e. The summed E-state index contributed by atoms with van der Waals surface area (Å²) in [5, 5.41) is 3.09. The highest BCUT2D eigenvalue weighted by Crippen LogP contribution is 2.39. The lowest BCUT2D eigenvalue weighted by atomic mass is 9.68. The zero-order valence-electron chi connectivity index (χ0n) is 19.5. The highest BCUT2D eigenvalue weighted by Gasteiger charge is 2.38. The molecule has 1 saturated carbocycles. The first kappa shape index (κ1) is 24.6. The highest BCUT2D eigenvalue weighted by atomic mass is 32.2. The summed E-state index contributed by atoms with van der Waals surface area (Å²) in [6, 6.07) is 16.9. The number of aromatic nitrogens is 2. The van der Waals surface area contributed by atoms with Crippen molar-refractivity contribution in [2.45, 2.75) is 37.1 Å². The smallest absolute Gasteiger partial charge is 0.300 e. The van der Waals surface area contributed by atoms with E-state index in [-0.39, 0.29) is 23.2 Å². The maximum atomic E-state index is 13.0. The molecule has 0 radical (unpaired) electrons. The molecule has 0 atom stereocenters. The third kappa shape index (κ3) is 6.14. The largest absolute Gasteiger partial charge is 0.496 e. The van der Waals surface area contributed by atoms with Gasteiger partial charge in [0.15, 0.2) is 5.82 Å². The van der Waals surface area contributed by atoms with E-state index in [9.17, 15) is 13.2 Å². The molecule has 10 heteroatoms. The summed E-state index contributed by atoms with van der Waals surface area (Å²) >= 11 is 0. The molecular formula is C25H29N5O4S. The van der Waals surface area contributed by atoms with Crippen LogP contribution in [0.15, 0.2) is 73.2 Å². The van der Waals surface area contributed by atoms with Crippen LogP contribution in [0.5, 0.6) is 5.75 Å². The number of methoxy groups -OCH3 is 1. The minimum absolute atomic E-state index is 0.161. The fourth-order valence-corrected chi connectivity index (χ4v) is 5.68. The Balaban J connectivity index is 1.44. The summed E-state index contributed by atoms with van der Waals surface area (Å²) in [5.74, 6) is 0.481. The van der Waals surface area contributed by atoms with Crippen LogP contribution in [0.1, 0.15) is 41.6 Å². The fraction of sp³-hybridized carbons (Fsp3) is 0.320. The third-order valence-corrected chi connectivity index (χ3v) is 7.51. The molecule has 1 aliphatic carbocycles. The van der Waals surface area contributed by atoms with Crippen molar-refractivity contribution in [1.82, 2.24) is 20.0 Å². The van der Waals surface area contributed by atoms with Gasteiger partial charge in [-0.05, 0) is 43.4 Å². The lowest BCUT2D eigenvalue weighted by Gasteiger charge is -2.41. The first-order valence-electron chi connectivity index (χ1n) is 11.4. The number of hydrogen-bond donors (Lipinski definition) is 3. The molecular weight excluding hydrogens is 466 g/mol. The van der Waals surface area contributed by atoms with Crippen molar-refractivity contribution in [3.05, 3.63) is 84.3 Å². The molecule has 1 aromatic heterocycles. The third-order valence-electron chi connectivity index (χ3n) is 6.39. The molecule has 3 N–H and O–H groups in total. The van der Waals surface area contributed by atoms with Gasteiger partial charge < -0.3 is 10.1 Å². The monoisotopic (exact) mass is 495 g/mol. The van der Waals surface area contributed by atoms with E-state index in [0.29, 0.717) is 43.5 Å². The molecule has 2 aromatic carbocycles. The Morgan fingerprint density at radius 2 is 1.77 bits per heavy atom. The summed E-state index contributed by atoms with van der Waals surface area (Å²) in [4.78, 5) is 20.8. The van der Waals surface area contributed by atoms with Gasteiger partial charge >= 0.3 is 10.2 Å². The zero-order chi connectivity index (χ0) is 24.7. The van der Waals surface area contributed by atoms with E-state index in [1.165, 1.54) is 18.6 Å². The number of benzene rings is 2.